The maximum absolute atomic E-state index is 11.8. The number of hydrogen-bond donors (Lipinski definition) is 0. The van der Waals surface area contributed by atoms with Crippen molar-refractivity contribution >= 4 is 28.6 Å². The highest BCUT2D eigenvalue weighted by atomic mass is 127. The highest BCUT2D eigenvalue weighted by Gasteiger charge is 2.24. The number of carbonyl (C=O) groups is 1. The Morgan fingerprint density at radius 1 is 1.13 bits per heavy atom. The molecule has 0 amide bonds. The molecule has 1 aliphatic carbocycles. The van der Waals surface area contributed by atoms with Gasteiger partial charge in [-0.15, -0.1) is 0 Å². The van der Waals surface area contributed by atoms with Crippen LogP contribution in [0, 0.1) is 22.5 Å². The largest absolute Gasteiger partial charge is 0.458 e. The molecule has 1 aliphatic rings. The number of benzene rings is 1. The van der Waals surface area contributed by atoms with Crippen molar-refractivity contribution < 1.29 is 14.3 Å². The summed E-state index contributed by atoms with van der Waals surface area (Å²) in [4.78, 5) is 11.8. The van der Waals surface area contributed by atoms with Gasteiger partial charge in [-0.2, -0.15) is 5.10 Å². The Bertz CT molecular complexity index is 834. The van der Waals surface area contributed by atoms with Crippen LogP contribution in [-0.4, -0.2) is 34.6 Å². The minimum atomic E-state index is -0.457. The molecule has 1 saturated carbocycles. The van der Waals surface area contributed by atoms with Crippen molar-refractivity contribution in [1.29, 1.82) is 0 Å². The molecule has 0 spiro atoms. The van der Waals surface area contributed by atoms with Gasteiger partial charge in [0.15, 0.2) is 0 Å². The lowest BCUT2D eigenvalue weighted by molar-refractivity contribution is -0.160. The van der Waals surface area contributed by atoms with Gasteiger partial charge in [-0.05, 0) is 93.4 Å². The molecule has 0 atom stereocenters. The van der Waals surface area contributed by atoms with Crippen molar-refractivity contribution in [3.05, 3.63) is 39.7 Å². The van der Waals surface area contributed by atoms with Crippen LogP contribution in [-0.2, 0) is 20.8 Å². The quantitative estimate of drug-likeness (QED) is 0.348. The summed E-state index contributed by atoms with van der Waals surface area (Å²) in [5.41, 5.74) is 3.27. The minimum absolute atomic E-state index is 0.0460. The molecule has 6 heteroatoms. The van der Waals surface area contributed by atoms with Crippen molar-refractivity contribution in [2.45, 2.75) is 65.5 Å². The molecule has 1 heterocycles. The van der Waals surface area contributed by atoms with Gasteiger partial charge in [0.25, 0.3) is 0 Å². The summed E-state index contributed by atoms with van der Waals surface area (Å²) in [6, 6.07) is 10.5. The first kappa shape index (κ1) is 23.3. The lowest BCUT2D eigenvalue weighted by Crippen LogP contribution is -2.28. The van der Waals surface area contributed by atoms with Crippen LogP contribution in [0.25, 0.3) is 11.1 Å². The van der Waals surface area contributed by atoms with E-state index in [2.05, 4.69) is 58.5 Å². The van der Waals surface area contributed by atoms with E-state index in [-0.39, 0.29) is 12.6 Å². The number of aromatic nitrogens is 2. The van der Waals surface area contributed by atoms with Crippen LogP contribution < -0.4 is 0 Å². The predicted molar refractivity (Wildman–Crippen MR) is 127 cm³/mol. The molecular weight excluding hydrogens is 491 g/mol. The van der Waals surface area contributed by atoms with Crippen LogP contribution >= 0.6 is 22.6 Å². The van der Waals surface area contributed by atoms with E-state index in [0.29, 0.717) is 18.4 Å². The molecular formula is C24H33IN2O3. The zero-order valence-electron chi connectivity index (χ0n) is 18.5. The van der Waals surface area contributed by atoms with Crippen LogP contribution in [0.2, 0.25) is 0 Å². The number of carbonyl (C=O) groups excluding carboxylic acids is 1. The average Bonchev–Trinajstić information content (AvgIpc) is 2.95. The fourth-order valence-corrected chi connectivity index (χ4v) is 5.09. The van der Waals surface area contributed by atoms with Crippen LogP contribution in [0.15, 0.2) is 30.3 Å². The Balaban J connectivity index is 1.46. The second-order valence-corrected chi connectivity index (χ2v) is 10.3. The maximum Gasteiger partial charge on any atom is 0.332 e. The molecule has 1 aromatic heterocycles. The van der Waals surface area contributed by atoms with E-state index in [4.69, 9.17) is 14.6 Å². The number of rotatable bonds is 7. The van der Waals surface area contributed by atoms with E-state index in [0.717, 1.165) is 23.1 Å². The zero-order valence-corrected chi connectivity index (χ0v) is 20.6. The van der Waals surface area contributed by atoms with Gasteiger partial charge in [0.05, 0.1) is 6.61 Å². The van der Waals surface area contributed by atoms with Crippen molar-refractivity contribution in [3.63, 3.8) is 0 Å². The topological polar surface area (TPSA) is 53.4 Å². The highest BCUT2D eigenvalue weighted by Crippen LogP contribution is 2.33. The number of esters is 1. The van der Waals surface area contributed by atoms with Crippen LogP contribution in [0.5, 0.6) is 0 Å². The fourth-order valence-electron chi connectivity index (χ4n) is 4.13. The third-order valence-corrected chi connectivity index (χ3v) is 6.37. The summed E-state index contributed by atoms with van der Waals surface area (Å²) in [5, 5.41) is 4.83. The van der Waals surface area contributed by atoms with E-state index < -0.39 is 5.60 Å². The second kappa shape index (κ2) is 10.3. The highest BCUT2D eigenvalue weighted by molar-refractivity contribution is 14.1. The molecule has 0 aliphatic heterocycles. The monoisotopic (exact) mass is 524 g/mol. The maximum atomic E-state index is 11.8. The number of nitrogens with zero attached hydrogens (tertiary/aromatic N) is 2. The Kier molecular flexibility index (Phi) is 7.96. The molecule has 0 radical (unpaired) electrons. The van der Waals surface area contributed by atoms with Crippen molar-refractivity contribution in [2.75, 3.05) is 13.2 Å². The first-order chi connectivity index (χ1) is 14.2. The third kappa shape index (κ3) is 6.54. The van der Waals surface area contributed by atoms with Crippen molar-refractivity contribution in [2.24, 2.45) is 11.8 Å². The van der Waals surface area contributed by atoms with Crippen LogP contribution in [0.1, 0.15) is 52.1 Å². The van der Waals surface area contributed by atoms with Crippen LogP contribution in [0.3, 0.4) is 0 Å². The van der Waals surface area contributed by atoms with E-state index in [1.54, 1.807) is 0 Å². The summed E-state index contributed by atoms with van der Waals surface area (Å²) < 4.78 is 14.2. The van der Waals surface area contributed by atoms with E-state index in [9.17, 15) is 4.79 Å². The number of ether oxygens (including phenoxy) is 2. The van der Waals surface area contributed by atoms with Gasteiger partial charge in [0.1, 0.15) is 15.9 Å². The third-order valence-electron chi connectivity index (χ3n) is 5.62. The Labute approximate surface area is 193 Å². The molecule has 30 heavy (non-hydrogen) atoms. The average molecular weight is 524 g/mol. The van der Waals surface area contributed by atoms with Gasteiger partial charge in [-0.1, -0.05) is 30.3 Å². The Morgan fingerprint density at radius 3 is 2.40 bits per heavy atom. The molecule has 3 rings (SSSR count). The first-order valence-corrected chi connectivity index (χ1v) is 11.9. The van der Waals surface area contributed by atoms with Gasteiger partial charge in [-0.3, -0.25) is 4.68 Å². The molecule has 0 saturated heterocycles. The fraction of sp³-hybridized carbons (Fsp3) is 0.583. The van der Waals surface area contributed by atoms with E-state index in [1.165, 1.54) is 29.7 Å². The second-order valence-electron chi connectivity index (χ2n) is 9.29. The lowest BCUT2D eigenvalue weighted by atomic mass is 9.82. The van der Waals surface area contributed by atoms with Crippen molar-refractivity contribution in [1.82, 2.24) is 9.78 Å². The van der Waals surface area contributed by atoms with Crippen LogP contribution in [0.4, 0.5) is 0 Å². The molecule has 2 aromatic rings. The van der Waals surface area contributed by atoms with E-state index >= 15 is 0 Å². The number of hydrogen-bond acceptors (Lipinski definition) is 4. The summed E-state index contributed by atoms with van der Waals surface area (Å²) >= 11 is 2.35. The van der Waals surface area contributed by atoms with E-state index in [1.807, 2.05) is 26.8 Å². The smallest absolute Gasteiger partial charge is 0.332 e. The standard InChI is InChI=1S/C24H33IN2O3/c1-17-22(20-8-6-5-7-9-20)23(25)26-27(17)14-18-10-12-19(13-11-18)15-29-16-21(28)30-24(2,3)4/h5-9,18-19H,10-16H2,1-4H3/t18-,19-. The molecule has 0 unspecified atom stereocenters. The Morgan fingerprint density at radius 2 is 1.77 bits per heavy atom. The van der Waals surface area contributed by atoms with Gasteiger partial charge < -0.3 is 9.47 Å². The van der Waals surface area contributed by atoms with Crippen molar-refractivity contribution in [3.8, 4) is 11.1 Å². The normalized spacial score (nSPS) is 19.6. The summed E-state index contributed by atoms with van der Waals surface area (Å²) in [6.45, 7) is 9.45. The van der Waals surface area contributed by atoms with Gasteiger partial charge in [0, 0.05) is 17.8 Å². The lowest BCUT2D eigenvalue weighted by Gasteiger charge is -2.28. The molecule has 1 fully saturated rings. The van der Waals surface area contributed by atoms with Gasteiger partial charge in [-0.25, -0.2) is 4.79 Å². The summed E-state index contributed by atoms with van der Waals surface area (Å²) in [7, 11) is 0. The summed E-state index contributed by atoms with van der Waals surface area (Å²) in [6.07, 6.45) is 4.64. The molecule has 1 aromatic carbocycles. The first-order valence-electron chi connectivity index (χ1n) is 10.8. The molecule has 5 nitrogen and oxygen atoms in total. The van der Waals surface area contributed by atoms with Gasteiger partial charge >= 0.3 is 5.97 Å². The molecule has 164 valence electrons. The van der Waals surface area contributed by atoms with Gasteiger partial charge in [0.2, 0.25) is 0 Å². The summed E-state index contributed by atoms with van der Waals surface area (Å²) in [5.74, 6) is 0.890. The zero-order chi connectivity index (χ0) is 21.7. The molecule has 0 N–H and O–H groups in total. The predicted octanol–water partition coefficient (Wildman–Crippen LogP) is 5.63. The number of halogens is 1. The SMILES string of the molecule is Cc1c(-c2ccccc2)c(I)nn1C[C@H]1CC[C@H](COCC(=O)OC(C)(C)C)CC1. The minimum Gasteiger partial charge on any atom is -0.458 e. The Hall–Kier alpha value is -1.41. The molecule has 0 bridgehead atoms.